The van der Waals surface area contributed by atoms with Crippen molar-refractivity contribution in [1.82, 2.24) is 5.32 Å². The Balaban J connectivity index is 1.69. The van der Waals surface area contributed by atoms with E-state index in [1.165, 1.54) is 51.5 Å². The highest BCUT2D eigenvalue weighted by Gasteiger charge is 2.32. The maximum atomic E-state index is 3.69. The second-order valence-corrected chi connectivity index (χ2v) is 6.74. The van der Waals surface area contributed by atoms with Crippen LogP contribution in [0.3, 0.4) is 0 Å². The minimum absolute atomic E-state index is 0.578. The molecule has 0 amide bonds. The predicted molar refractivity (Wildman–Crippen MR) is 70.5 cm³/mol. The van der Waals surface area contributed by atoms with Gasteiger partial charge in [-0.1, -0.05) is 27.2 Å². The smallest absolute Gasteiger partial charge is 0.00683 e. The fraction of sp³-hybridized carbons (Fsp3) is 1.00. The minimum Gasteiger partial charge on any atom is -0.314 e. The molecule has 0 aromatic rings. The van der Waals surface area contributed by atoms with Crippen LogP contribution in [0.2, 0.25) is 0 Å². The molecule has 2 aliphatic carbocycles. The molecule has 0 aromatic carbocycles. The first kappa shape index (κ1) is 12.4. The molecule has 0 radical (unpaired) electrons. The second-order valence-electron chi connectivity index (χ2n) is 6.74. The molecule has 0 atom stereocenters. The molecule has 16 heavy (non-hydrogen) atoms. The quantitative estimate of drug-likeness (QED) is 0.743. The van der Waals surface area contributed by atoms with Crippen molar-refractivity contribution in [1.29, 1.82) is 0 Å². The Morgan fingerprint density at radius 1 is 1.00 bits per heavy atom. The van der Waals surface area contributed by atoms with Crippen LogP contribution in [0, 0.1) is 17.3 Å². The maximum Gasteiger partial charge on any atom is 0.00683 e. The van der Waals surface area contributed by atoms with Crippen molar-refractivity contribution in [3.05, 3.63) is 0 Å². The SMILES string of the molecule is CCC(C)(C)C1CCC(CNC2CC2)CC1. The van der Waals surface area contributed by atoms with E-state index in [-0.39, 0.29) is 0 Å². The summed E-state index contributed by atoms with van der Waals surface area (Å²) in [5.74, 6) is 1.96. The third-order valence-electron chi connectivity index (χ3n) is 5.14. The summed E-state index contributed by atoms with van der Waals surface area (Å²) in [4.78, 5) is 0. The molecule has 0 bridgehead atoms. The Morgan fingerprint density at radius 2 is 1.62 bits per heavy atom. The van der Waals surface area contributed by atoms with Gasteiger partial charge in [0.1, 0.15) is 0 Å². The van der Waals surface area contributed by atoms with Crippen molar-refractivity contribution in [3.63, 3.8) is 0 Å². The molecular formula is C15H29N. The van der Waals surface area contributed by atoms with Gasteiger partial charge in [-0.15, -0.1) is 0 Å². The zero-order valence-electron chi connectivity index (χ0n) is 11.4. The van der Waals surface area contributed by atoms with Crippen molar-refractivity contribution in [2.75, 3.05) is 6.54 Å². The lowest BCUT2D eigenvalue weighted by atomic mass is 9.67. The van der Waals surface area contributed by atoms with Gasteiger partial charge >= 0.3 is 0 Å². The zero-order valence-corrected chi connectivity index (χ0v) is 11.4. The summed E-state index contributed by atoms with van der Waals surface area (Å²) in [6, 6.07) is 0.893. The number of hydrogen-bond acceptors (Lipinski definition) is 1. The van der Waals surface area contributed by atoms with E-state index in [1.54, 1.807) is 0 Å². The van der Waals surface area contributed by atoms with Crippen molar-refractivity contribution >= 4 is 0 Å². The van der Waals surface area contributed by atoms with Crippen LogP contribution in [0.1, 0.15) is 65.7 Å². The van der Waals surface area contributed by atoms with Crippen LogP contribution in [-0.4, -0.2) is 12.6 Å². The van der Waals surface area contributed by atoms with Crippen LogP contribution in [0.4, 0.5) is 0 Å². The topological polar surface area (TPSA) is 12.0 Å². The van der Waals surface area contributed by atoms with Crippen LogP contribution in [0.25, 0.3) is 0 Å². The first-order valence-corrected chi connectivity index (χ1v) is 7.35. The van der Waals surface area contributed by atoms with Gasteiger partial charge in [0.05, 0.1) is 0 Å². The van der Waals surface area contributed by atoms with Crippen molar-refractivity contribution in [2.45, 2.75) is 71.8 Å². The van der Waals surface area contributed by atoms with E-state index >= 15 is 0 Å². The van der Waals surface area contributed by atoms with Gasteiger partial charge < -0.3 is 5.32 Å². The van der Waals surface area contributed by atoms with Crippen molar-refractivity contribution in [2.24, 2.45) is 17.3 Å². The molecular weight excluding hydrogens is 194 g/mol. The van der Waals surface area contributed by atoms with E-state index in [4.69, 9.17) is 0 Å². The highest BCUT2D eigenvalue weighted by molar-refractivity contribution is 4.86. The standard InChI is InChI=1S/C15H29N/c1-4-15(2,3)13-7-5-12(6-8-13)11-16-14-9-10-14/h12-14,16H,4-11H2,1-3H3. The summed E-state index contributed by atoms with van der Waals surface area (Å²) in [6.45, 7) is 8.56. The van der Waals surface area contributed by atoms with Gasteiger partial charge in [0, 0.05) is 6.04 Å². The Kier molecular flexibility index (Phi) is 3.94. The molecule has 0 aliphatic heterocycles. The van der Waals surface area contributed by atoms with Crippen LogP contribution >= 0.6 is 0 Å². The summed E-state index contributed by atoms with van der Waals surface area (Å²) in [5.41, 5.74) is 0.578. The summed E-state index contributed by atoms with van der Waals surface area (Å²) in [5, 5.41) is 3.69. The minimum atomic E-state index is 0.578. The fourth-order valence-corrected chi connectivity index (χ4v) is 3.06. The Bertz CT molecular complexity index is 209. The van der Waals surface area contributed by atoms with Gasteiger partial charge in [-0.05, 0) is 62.3 Å². The summed E-state index contributed by atoms with van der Waals surface area (Å²) in [6.07, 6.45) is 10.1. The lowest BCUT2D eigenvalue weighted by Crippen LogP contribution is -2.32. The first-order chi connectivity index (χ1) is 7.62. The monoisotopic (exact) mass is 223 g/mol. The van der Waals surface area contributed by atoms with E-state index in [1.807, 2.05) is 0 Å². The summed E-state index contributed by atoms with van der Waals surface area (Å²) >= 11 is 0. The molecule has 0 saturated heterocycles. The van der Waals surface area contributed by atoms with Gasteiger partial charge in [-0.3, -0.25) is 0 Å². The van der Waals surface area contributed by atoms with Crippen LogP contribution in [-0.2, 0) is 0 Å². The van der Waals surface area contributed by atoms with E-state index in [0.29, 0.717) is 5.41 Å². The predicted octanol–water partition coefficient (Wildman–Crippen LogP) is 3.98. The van der Waals surface area contributed by atoms with Crippen LogP contribution in [0.15, 0.2) is 0 Å². The molecule has 0 unspecified atom stereocenters. The molecule has 0 aromatic heterocycles. The Hall–Kier alpha value is -0.0400. The van der Waals surface area contributed by atoms with Gasteiger partial charge in [0.25, 0.3) is 0 Å². The second kappa shape index (κ2) is 5.08. The lowest BCUT2D eigenvalue weighted by molar-refractivity contribution is 0.127. The Morgan fingerprint density at radius 3 is 2.12 bits per heavy atom. The molecule has 1 nitrogen and oxygen atoms in total. The number of nitrogens with one attached hydrogen (secondary N) is 1. The molecule has 2 rings (SSSR count). The van der Waals surface area contributed by atoms with Crippen LogP contribution < -0.4 is 5.32 Å². The normalized spacial score (nSPS) is 31.7. The number of hydrogen-bond donors (Lipinski definition) is 1. The molecule has 2 saturated carbocycles. The van der Waals surface area contributed by atoms with Gasteiger partial charge in [-0.25, -0.2) is 0 Å². The van der Waals surface area contributed by atoms with Gasteiger partial charge in [-0.2, -0.15) is 0 Å². The average Bonchev–Trinajstić information content (AvgIpc) is 3.11. The third-order valence-corrected chi connectivity index (χ3v) is 5.14. The van der Waals surface area contributed by atoms with E-state index in [9.17, 15) is 0 Å². The van der Waals surface area contributed by atoms with E-state index in [2.05, 4.69) is 26.1 Å². The van der Waals surface area contributed by atoms with E-state index < -0.39 is 0 Å². The third kappa shape index (κ3) is 3.23. The van der Waals surface area contributed by atoms with E-state index in [0.717, 1.165) is 17.9 Å². The van der Waals surface area contributed by atoms with Gasteiger partial charge in [0.15, 0.2) is 0 Å². The zero-order chi connectivity index (χ0) is 11.6. The highest BCUT2D eigenvalue weighted by Crippen LogP contribution is 2.41. The van der Waals surface area contributed by atoms with Crippen molar-refractivity contribution < 1.29 is 0 Å². The molecule has 0 spiro atoms. The molecule has 94 valence electrons. The molecule has 1 heteroatoms. The molecule has 2 aliphatic rings. The molecule has 1 N–H and O–H groups in total. The lowest BCUT2D eigenvalue weighted by Gasteiger charge is -2.39. The largest absolute Gasteiger partial charge is 0.314 e. The number of rotatable bonds is 5. The summed E-state index contributed by atoms with van der Waals surface area (Å²) < 4.78 is 0. The maximum absolute atomic E-state index is 3.69. The molecule has 2 fully saturated rings. The summed E-state index contributed by atoms with van der Waals surface area (Å²) in [7, 11) is 0. The van der Waals surface area contributed by atoms with Gasteiger partial charge in [0.2, 0.25) is 0 Å². The molecule has 0 heterocycles. The average molecular weight is 223 g/mol. The first-order valence-electron chi connectivity index (χ1n) is 7.35. The van der Waals surface area contributed by atoms with Crippen molar-refractivity contribution in [3.8, 4) is 0 Å². The Labute approximate surface area is 101 Å². The highest BCUT2D eigenvalue weighted by atomic mass is 14.9. The van der Waals surface area contributed by atoms with Crippen LogP contribution in [0.5, 0.6) is 0 Å². The fourth-order valence-electron chi connectivity index (χ4n) is 3.06.